The molecule has 0 aliphatic rings. The van der Waals surface area contributed by atoms with Crippen LogP contribution in [0.4, 0.5) is 0 Å². The van der Waals surface area contributed by atoms with Crippen molar-refractivity contribution in [1.29, 1.82) is 0 Å². The van der Waals surface area contributed by atoms with Crippen LogP contribution in [0.25, 0.3) is 0 Å². The van der Waals surface area contributed by atoms with Gasteiger partial charge < -0.3 is 9.81 Å². The Labute approximate surface area is 375 Å². The van der Waals surface area contributed by atoms with E-state index >= 15 is 0 Å². The zero-order chi connectivity index (χ0) is 42.0. The summed E-state index contributed by atoms with van der Waals surface area (Å²) in [6, 6.07) is 0. The molecule has 0 amide bonds. The minimum Gasteiger partial charge on any atom is -1.00 e. The Balaban J connectivity index is 0. The van der Waals surface area contributed by atoms with Gasteiger partial charge in [-0.05, 0) is 38.5 Å². The summed E-state index contributed by atoms with van der Waals surface area (Å²) in [5.74, 6) is 0. The number of hydrogen-bond acceptors (Lipinski definition) is 1. The Bertz CT molecular complexity index is 626. The van der Waals surface area contributed by atoms with Gasteiger partial charge in [0.05, 0.1) is 31.3 Å². The summed E-state index contributed by atoms with van der Waals surface area (Å²) in [6.45, 7) is 7.40. The molecule has 0 radical (unpaired) electrons. The van der Waals surface area contributed by atoms with Gasteiger partial charge in [-0.25, -0.2) is 0 Å². The van der Waals surface area contributed by atoms with Crippen molar-refractivity contribution in [2.24, 2.45) is 0 Å². The van der Waals surface area contributed by atoms with Crippen molar-refractivity contribution in [1.82, 2.24) is 0 Å². The quantitative estimate of drug-likeness (QED) is 0.0477. The molecule has 0 spiro atoms. The highest BCUT2D eigenvalue weighted by molar-refractivity contribution is 7.75. The van der Waals surface area contributed by atoms with Gasteiger partial charge in [0.1, 0.15) is 0 Å². The number of halogens is 1. The van der Waals surface area contributed by atoms with Crippen LogP contribution in [0.3, 0.4) is 0 Å². The summed E-state index contributed by atoms with van der Waals surface area (Å²) in [5.41, 5.74) is 0. The highest BCUT2D eigenvalue weighted by Crippen LogP contribution is 2.60. The second kappa shape index (κ2) is 54.5. The van der Waals surface area contributed by atoms with E-state index in [1.165, 1.54) is 333 Å². The summed E-state index contributed by atoms with van der Waals surface area (Å²) < 4.78 is 0. The number of hydrogen-bond donors (Lipinski definition) is 1. The standard InChI is InChI=1S/C56H116OP.FH/c1-4-7-10-13-16-19-22-25-28-31-34-37-40-43-46-49-53-58(56-52-57,54-50-47-44-41-38-35-32-29-26-23-20-17-14-11-8-5-2)55-51-48-45-42-39-36-33-30-27-24-21-18-15-12-9-6-3;/h57H,4-56H2,1-3H3;1H/q+1;/p-1. The molecular formula is C56H116FOP. The predicted molar refractivity (Wildman–Crippen MR) is 272 cm³/mol. The zero-order valence-electron chi connectivity index (χ0n) is 41.7. The average Bonchev–Trinajstić information content (AvgIpc) is 3.23. The van der Waals surface area contributed by atoms with Crippen LogP contribution in [0.1, 0.15) is 329 Å². The molecule has 0 aromatic carbocycles. The van der Waals surface area contributed by atoms with Crippen molar-refractivity contribution >= 4 is 7.26 Å². The van der Waals surface area contributed by atoms with Crippen LogP contribution in [-0.2, 0) is 0 Å². The van der Waals surface area contributed by atoms with Gasteiger partial charge in [0.2, 0.25) is 0 Å². The lowest BCUT2D eigenvalue weighted by Gasteiger charge is -2.28. The van der Waals surface area contributed by atoms with Crippen LogP contribution >= 0.6 is 7.26 Å². The highest BCUT2D eigenvalue weighted by atomic mass is 31.2. The van der Waals surface area contributed by atoms with E-state index in [2.05, 4.69) is 20.8 Å². The molecule has 0 aromatic heterocycles. The predicted octanol–water partition coefficient (Wildman–Crippen LogP) is 17.8. The molecule has 0 atom stereocenters. The Kier molecular flexibility index (Phi) is 56.7. The lowest BCUT2D eigenvalue weighted by Crippen LogP contribution is -3.00. The summed E-state index contributed by atoms with van der Waals surface area (Å²) in [6.07, 6.45) is 75.6. The van der Waals surface area contributed by atoms with E-state index in [4.69, 9.17) is 0 Å². The van der Waals surface area contributed by atoms with Gasteiger partial charge in [0.25, 0.3) is 0 Å². The fourth-order valence-corrected chi connectivity index (χ4v) is 14.3. The molecule has 0 aliphatic heterocycles. The molecule has 59 heavy (non-hydrogen) atoms. The molecule has 0 unspecified atom stereocenters. The minimum atomic E-state index is -1.01. The second-order valence-electron chi connectivity index (χ2n) is 19.9. The van der Waals surface area contributed by atoms with E-state index in [9.17, 15) is 5.11 Å². The molecule has 1 nitrogen and oxygen atoms in total. The van der Waals surface area contributed by atoms with Gasteiger partial charge in [-0.2, -0.15) is 0 Å². The molecule has 0 bridgehead atoms. The lowest BCUT2D eigenvalue weighted by molar-refractivity contribution is -0.0000141. The van der Waals surface area contributed by atoms with E-state index in [1.807, 2.05) is 0 Å². The SMILES string of the molecule is CCCCCCCCCCCCCCCCCC[P+](CCO)(CCCCCCCCCCCCCCCCCC)CCCCCCCCCCCCCCCCCC.[F-]. The Morgan fingerprint density at radius 1 is 0.203 bits per heavy atom. The third-order valence-corrected chi connectivity index (χ3v) is 19.0. The van der Waals surface area contributed by atoms with Crippen LogP contribution < -0.4 is 4.70 Å². The van der Waals surface area contributed by atoms with Gasteiger partial charge in [-0.3, -0.25) is 0 Å². The summed E-state index contributed by atoms with van der Waals surface area (Å²) >= 11 is 0. The van der Waals surface area contributed by atoms with Crippen molar-refractivity contribution < 1.29 is 9.81 Å². The molecule has 0 rings (SSSR count). The van der Waals surface area contributed by atoms with E-state index in [-0.39, 0.29) is 4.70 Å². The monoisotopic (exact) mass is 855 g/mol. The number of unbranched alkanes of at least 4 members (excludes halogenated alkanes) is 45. The maximum atomic E-state index is 10.3. The van der Waals surface area contributed by atoms with E-state index in [0.29, 0.717) is 6.61 Å². The van der Waals surface area contributed by atoms with E-state index < -0.39 is 7.26 Å². The van der Waals surface area contributed by atoms with Gasteiger partial charge >= 0.3 is 0 Å². The van der Waals surface area contributed by atoms with Crippen molar-refractivity contribution in [3.63, 3.8) is 0 Å². The van der Waals surface area contributed by atoms with Crippen molar-refractivity contribution in [3.8, 4) is 0 Å². The van der Waals surface area contributed by atoms with Crippen LogP contribution in [-0.4, -0.2) is 36.4 Å². The molecule has 0 aliphatic carbocycles. The normalized spacial score (nSPS) is 11.8. The maximum absolute atomic E-state index is 10.3. The largest absolute Gasteiger partial charge is 1.00 e. The average molecular weight is 856 g/mol. The Morgan fingerprint density at radius 3 is 0.475 bits per heavy atom. The van der Waals surface area contributed by atoms with Crippen molar-refractivity contribution in [2.45, 2.75) is 329 Å². The molecule has 0 aromatic rings. The fraction of sp³-hybridized carbons (Fsp3) is 1.00. The van der Waals surface area contributed by atoms with Gasteiger partial charge in [-0.15, -0.1) is 0 Å². The fourth-order valence-electron chi connectivity index (χ4n) is 9.87. The van der Waals surface area contributed by atoms with Crippen LogP contribution in [0.5, 0.6) is 0 Å². The molecule has 0 saturated heterocycles. The lowest BCUT2D eigenvalue weighted by atomic mass is 10.0. The first kappa shape index (κ1) is 61.4. The highest BCUT2D eigenvalue weighted by Gasteiger charge is 2.35. The second-order valence-corrected chi connectivity index (χ2v) is 24.3. The van der Waals surface area contributed by atoms with E-state index in [1.54, 1.807) is 0 Å². The topological polar surface area (TPSA) is 20.2 Å². The smallest absolute Gasteiger partial charge is 0.0825 e. The molecule has 0 saturated carbocycles. The molecular weight excluding hydrogens is 739 g/mol. The number of rotatable bonds is 53. The Hall–Kier alpha value is 0.320. The van der Waals surface area contributed by atoms with Gasteiger partial charge in [0.15, 0.2) is 0 Å². The first-order valence-corrected chi connectivity index (χ1v) is 30.7. The van der Waals surface area contributed by atoms with Crippen LogP contribution in [0.15, 0.2) is 0 Å². The zero-order valence-corrected chi connectivity index (χ0v) is 42.6. The first-order valence-electron chi connectivity index (χ1n) is 28.2. The van der Waals surface area contributed by atoms with Gasteiger partial charge in [-0.1, -0.05) is 290 Å². The Morgan fingerprint density at radius 2 is 0.339 bits per heavy atom. The molecule has 1 N–H and O–H groups in total. The van der Waals surface area contributed by atoms with Crippen LogP contribution in [0.2, 0.25) is 0 Å². The molecule has 3 heteroatoms. The summed E-state index contributed by atoms with van der Waals surface area (Å²) in [4.78, 5) is 0. The van der Waals surface area contributed by atoms with Gasteiger partial charge in [0, 0.05) is 7.26 Å². The molecule has 0 fully saturated rings. The third kappa shape index (κ3) is 49.2. The maximum Gasteiger partial charge on any atom is 0.0825 e. The molecule has 0 heterocycles. The summed E-state index contributed by atoms with van der Waals surface area (Å²) in [5, 5.41) is 10.3. The molecule has 358 valence electrons. The van der Waals surface area contributed by atoms with Crippen LogP contribution in [0, 0.1) is 0 Å². The van der Waals surface area contributed by atoms with Crippen molar-refractivity contribution in [2.75, 3.05) is 31.3 Å². The van der Waals surface area contributed by atoms with Crippen molar-refractivity contribution in [3.05, 3.63) is 0 Å². The third-order valence-electron chi connectivity index (χ3n) is 14.0. The summed E-state index contributed by atoms with van der Waals surface area (Å²) in [7, 11) is -1.01. The minimum absolute atomic E-state index is 0. The number of aliphatic hydroxyl groups is 1. The first-order chi connectivity index (χ1) is 28.7. The number of aliphatic hydroxyl groups excluding tert-OH is 1. The van der Waals surface area contributed by atoms with E-state index in [0.717, 1.165) is 0 Å².